The van der Waals surface area contributed by atoms with E-state index in [-0.39, 0.29) is 0 Å². The van der Waals surface area contributed by atoms with Crippen molar-refractivity contribution in [2.75, 3.05) is 6.61 Å². The van der Waals surface area contributed by atoms with E-state index in [0.717, 1.165) is 6.20 Å². The van der Waals surface area contributed by atoms with Crippen LogP contribution in [-0.2, 0) is 4.74 Å². The quantitative estimate of drug-likeness (QED) is 0.363. The summed E-state index contributed by atoms with van der Waals surface area (Å²) in [5, 5.41) is 9.00. The Balaban J connectivity index is 3.90. The normalized spacial score (nSPS) is 14.9. The lowest BCUT2D eigenvalue weighted by molar-refractivity contribution is -0.0874. The van der Waals surface area contributed by atoms with Crippen molar-refractivity contribution in [1.82, 2.24) is 5.32 Å². The van der Waals surface area contributed by atoms with Gasteiger partial charge in [0.05, 0.1) is 0 Å². The molecular weight excluding hydrogens is 211 g/mol. The summed E-state index contributed by atoms with van der Waals surface area (Å²) in [7, 11) is 0. The van der Waals surface area contributed by atoms with Crippen molar-refractivity contribution in [2.24, 2.45) is 5.73 Å². The van der Waals surface area contributed by atoms with Crippen molar-refractivity contribution in [3.8, 4) is 0 Å². The summed E-state index contributed by atoms with van der Waals surface area (Å²) in [6, 6.07) is 0. The minimum absolute atomic E-state index is 0.714. The van der Waals surface area contributed by atoms with Gasteiger partial charge in [-0.3, -0.25) is 5.41 Å². The molecule has 0 aliphatic carbocycles. The highest BCUT2D eigenvalue weighted by Crippen LogP contribution is 2.11. The molecule has 15 heavy (non-hydrogen) atoms. The number of rotatable bonds is 6. The minimum atomic E-state index is -2.93. The average Bonchev–Trinajstić information content (AvgIpc) is 2.09. The van der Waals surface area contributed by atoms with Crippen molar-refractivity contribution in [1.29, 1.82) is 5.41 Å². The molecule has 0 aromatic heterocycles. The summed E-state index contributed by atoms with van der Waals surface area (Å²) in [5.41, 5.74) is 4.80. The first kappa shape index (κ1) is 13.8. The Morgan fingerprint density at radius 1 is 1.67 bits per heavy atom. The maximum Gasteiger partial charge on any atom is 0.268 e. The first-order chi connectivity index (χ1) is 6.72. The van der Waals surface area contributed by atoms with Gasteiger partial charge >= 0.3 is 0 Å². The van der Waals surface area contributed by atoms with Crippen LogP contribution in [0.2, 0.25) is 0 Å². The second kappa shape index (κ2) is 5.59. The molecule has 0 heterocycles. The van der Waals surface area contributed by atoms with Gasteiger partial charge in [0.1, 0.15) is 12.8 Å². The number of hydrogen-bond acceptors (Lipinski definition) is 3. The highest BCUT2D eigenvalue weighted by Gasteiger charge is 2.22. The predicted molar refractivity (Wildman–Crippen MR) is 50.3 cm³/mol. The Morgan fingerprint density at radius 2 is 2.20 bits per heavy atom. The Bertz CT molecular complexity index is 250. The molecule has 0 aromatic rings. The van der Waals surface area contributed by atoms with E-state index in [0.29, 0.717) is 6.92 Å². The number of nitrogens with one attached hydrogen (secondary N) is 2. The molecule has 4 N–H and O–H groups in total. The van der Waals surface area contributed by atoms with E-state index in [9.17, 15) is 13.2 Å². The third-order valence-electron chi connectivity index (χ3n) is 1.29. The van der Waals surface area contributed by atoms with Gasteiger partial charge in [-0.25, -0.2) is 13.2 Å². The number of nitrogens with two attached hydrogens (primary N) is 1. The van der Waals surface area contributed by atoms with Crippen LogP contribution >= 0.6 is 0 Å². The Kier molecular flexibility index (Phi) is 5.13. The van der Waals surface area contributed by atoms with Gasteiger partial charge in [0.2, 0.25) is 0 Å². The fraction of sp³-hybridized carbons (Fsp3) is 0.625. The lowest BCUT2D eigenvalue weighted by atomic mass is 10.4. The maximum absolute atomic E-state index is 12.6. The molecular formula is C8H14F3N3O. The molecule has 1 unspecified atom stereocenters. The average molecular weight is 225 g/mol. The predicted octanol–water partition coefficient (Wildman–Crippen LogP) is 1.34. The lowest BCUT2D eigenvalue weighted by Gasteiger charge is -2.16. The van der Waals surface area contributed by atoms with Gasteiger partial charge < -0.3 is 15.8 Å². The van der Waals surface area contributed by atoms with Crippen LogP contribution in [0.3, 0.4) is 0 Å². The summed E-state index contributed by atoms with van der Waals surface area (Å²) in [6.45, 7) is 1.37. The highest BCUT2D eigenvalue weighted by atomic mass is 19.3. The SMILES string of the molecule is CC(NC=C(F)C(=N)N)OCC(C)(F)F. The second-order valence-corrected chi connectivity index (χ2v) is 3.10. The smallest absolute Gasteiger partial charge is 0.268 e. The number of alkyl halides is 2. The Hall–Kier alpha value is -1.24. The van der Waals surface area contributed by atoms with Crippen molar-refractivity contribution in [3.63, 3.8) is 0 Å². The first-order valence-electron chi connectivity index (χ1n) is 4.18. The summed E-state index contributed by atoms with van der Waals surface area (Å²) in [6.07, 6.45) is 0.00165. The zero-order chi connectivity index (χ0) is 12.1. The summed E-state index contributed by atoms with van der Waals surface area (Å²) < 4.78 is 41.9. The molecule has 0 fully saturated rings. The van der Waals surface area contributed by atoms with Crippen LogP contribution in [0.25, 0.3) is 0 Å². The Labute approximate surface area is 85.8 Å². The molecule has 88 valence electrons. The maximum atomic E-state index is 12.6. The van der Waals surface area contributed by atoms with Crippen molar-refractivity contribution in [3.05, 3.63) is 12.0 Å². The van der Waals surface area contributed by atoms with Gasteiger partial charge in [-0.05, 0) is 6.92 Å². The van der Waals surface area contributed by atoms with E-state index in [1.807, 2.05) is 0 Å². The van der Waals surface area contributed by atoms with Crippen molar-refractivity contribution in [2.45, 2.75) is 26.0 Å². The third kappa shape index (κ3) is 7.80. The summed E-state index contributed by atoms with van der Waals surface area (Å²) in [5.74, 6) is -4.65. The second-order valence-electron chi connectivity index (χ2n) is 3.10. The monoisotopic (exact) mass is 225 g/mol. The van der Waals surface area contributed by atoms with E-state index in [4.69, 9.17) is 11.1 Å². The zero-order valence-corrected chi connectivity index (χ0v) is 8.48. The van der Waals surface area contributed by atoms with Crippen LogP contribution in [0.1, 0.15) is 13.8 Å². The number of halogens is 3. The van der Waals surface area contributed by atoms with E-state index in [2.05, 4.69) is 10.1 Å². The fourth-order valence-electron chi connectivity index (χ4n) is 0.588. The van der Waals surface area contributed by atoms with E-state index in [1.165, 1.54) is 6.92 Å². The summed E-state index contributed by atoms with van der Waals surface area (Å²) in [4.78, 5) is 0. The van der Waals surface area contributed by atoms with Crippen LogP contribution in [0.15, 0.2) is 12.0 Å². The molecule has 0 aromatic carbocycles. The van der Waals surface area contributed by atoms with Gasteiger partial charge in [-0.2, -0.15) is 0 Å². The number of ether oxygens (including phenoxy) is 1. The molecule has 0 rings (SSSR count). The van der Waals surface area contributed by atoms with E-state index < -0.39 is 30.4 Å². The van der Waals surface area contributed by atoms with Crippen LogP contribution in [0, 0.1) is 5.41 Å². The largest absolute Gasteiger partial charge is 0.382 e. The molecule has 0 saturated carbocycles. The number of hydrogen-bond donors (Lipinski definition) is 3. The zero-order valence-electron chi connectivity index (χ0n) is 8.48. The van der Waals surface area contributed by atoms with Crippen LogP contribution < -0.4 is 11.1 Å². The number of amidine groups is 1. The standard InChI is InChI=1S/C8H14F3N3O/c1-5(15-4-8(2,10)11)14-3-6(9)7(12)13/h3,5,14H,4H2,1-2H3,(H3,12,13). The topological polar surface area (TPSA) is 71.1 Å². The van der Waals surface area contributed by atoms with Crippen LogP contribution in [-0.4, -0.2) is 24.6 Å². The molecule has 4 nitrogen and oxygen atoms in total. The van der Waals surface area contributed by atoms with E-state index >= 15 is 0 Å². The fourth-order valence-corrected chi connectivity index (χ4v) is 0.588. The van der Waals surface area contributed by atoms with Crippen LogP contribution in [0.5, 0.6) is 0 Å². The van der Waals surface area contributed by atoms with Gasteiger partial charge in [-0.1, -0.05) is 0 Å². The molecule has 0 saturated heterocycles. The van der Waals surface area contributed by atoms with Gasteiger partial charge in [0.25, 0.3) is 5.92 Å². The first-order valence-corrected chi connectivity index (χ1v) is 4.18. The Morgan fingerprint density at radius 3 is 2.60 bits per heavy atom. The molecule has 0 spiro atoms. The third-order valence-corrected chi connectivity index (χ3v) is 1.29. The van der Waals surface area contributed by atoms with Crippen molar-refractivity contribution < 1.29 is 17.9 Å². The van der Waals surface area contributed by atoms with Crippen LogP contribution in [0.4, 0.5) is 13.2 Å². The summed E-state index contributed by atoms with van der Waals surface area (Å²) >= 11 is 0. The molecule has 0 amide bonds. The van der Waals surface area contributed by atoms with Gasteiger partial charge in [-0.15, -0.1) is 0 Å². The van der Waals surface area contributed by atoms with E-state index in [1.54, 1.807) is 0 Å². The molecule has 0 aliphatic rings. The lowest BCUT2D eigenvalue weighted by Crippen LogP contribution is -2.30. The molecule has 0 aliphatic heterocycles. The highest BCUT2D eigenvalue weighted by molar-refractivity contribution is 5.91. The van der Waals surface area contributed by atoms with Gasteiger partial charge in [0, 0.05) is 13.1 Å². The van der Waals surface area contributed by atoms with Crippen molar-refractivity contribution >= 4 is 5.84 Å². The van der Waals surface area contributed by atoms with Gasteiger partial charge in [0.15, 0.2) is 11.7 Å². The molecule has 0 bridgehead atoms. The minimum Gasteiger partial charge on any atom is -0.382 e. The molecule has 0 radical (unpaired) electrons. The molecule has 1 atom stereocenters. The molecule has 7 heteroatoms.